The van der Waals surface area contributed by atoms with Gasteiger partial charge in [-0.25, -0.2) is 4.39 Å². The van der Waals surface area contributed by atoms with E-state index in [9.17, 15) is 14.0 Å². The maximum atomic E-state index is 13.4. The number of carbonyl (C=O) groups is 2. The number of hydrogen-bond donors (Lipinski definition) is 1. The molecule has 118 valence electrons. The van der Waals surface area contributed by atoms with Crippen molar-refractivity contribution in [1.29, 1.82) is 0 Å². The van der Waals surface area contributed by atoms with Crippen LogP contribution in [0.25, 0.3) is 0 Å². The first-order valence-corrected chi connectivity index (χ1v) is 7.49. The number of amides is 1. The van der Waals surface area contributed by atoms with Gasteiger partial charge in [-0.05, 0) is 35.9 Å². The van der Waals surface area contributed by atoms with Gasteiger partial charge in [0.15, 0.2) is 11.5 Å². The van der Waals surface area contributed by atoms with E-state index in [1.807, 2.05) is 0 Å². The summed E-state index contributed by atoms with van der Waals surface area (Å²) in [6, 6.07) is 9.00. The highest BCUT2D eigenvalue weighted by atomic mass is 35.5. The quantitative estimate of drug-likeness (QED) is 0.810. The lowest BCUT2D eigenvalue weighted by atomic mass is 10.1. The van der Waals surface area contributed by atoms with Gasteiger partial charge in [0, 0.05) is 22.6 Å². The monoisotopic (exact) mass is 341 g/mol. The molecule has 1 heterocycles. The summed E-state index contributed by atoms with van der Waals surface area (Å²) in [6.07, 6.45) is 0.216. The van der Waals surface area contributed by atoms with Crippen molar-refractivity contribution >= 4 is 40.4 Å². The van der Waals surface area contributed by atoms with Crippen molar-refractivity contribution in [1.82, 2.24) is 0 Å². The van der Waals surface area contributed by atoms with Gasteiger partial charge in [0.1, 0.15) is 11.5 Å². The van der Waals surface area contributed by atoms with Gasteiger partial charge in [-0.15, -0.1) is 10.2 Å². The Hall–Kier alpha value is -2.86. The van der Waals surface area contributed by atoms with Gasteiger partial charge >= 0.3 is 0 Å². The molecule has 2 aromatic rings. The average Bonchev–Trinajstić information content (AvgIpc) is 3.01. The molecule has 0 unspecified atom stereocenters. The van der Waals surface area contributed by atoms with E-state index in [1.54, 1.807) is 18.2 Å². The molecule has 0 saturated heterocycles. The SMILES string of the molecule is O=C1Cc2ccc(Cl)cc2/C1=N/N=C1\C(=O)Nc2ccc(F)cc21. The number of Topliss-reactive ketones (excluding diaryl/α,β-unsaturated/α-hetero) is 1. The minimum absolute atomic E-state index is 0.0275. The predicted molar refractivity (Wildman–Crippen MR) is 88.3 cm³/mol. The largest absolute Gasteiger partial charge is 0.320 e. The van der Waals surface area contributed by atoms with E-state index >= 15 is 0 Å². The molecule has 0 saturated carbocycles. The zero-order chi connectivity index (χ0) is 16.8. The van der Waals surface area contributed by atoms with E-state index in [2.05, 4.69) is 15.5 Å². The molecule has 5 nitrogen and oxygen atoms in total. The molecule has 7 heteroatoms. The number of anilines is 1. The standard InChI is InChI=1S/C17H9ClFN3O2/c18-9-2-1-8-5-14(23)15(11(8)6-9)21-22-16-12-7-10(19)3-4-13(12)20-17(16)24/h1-4,6-7H,5H2,(H,20,22,24)/b21-15-. The van der Waals surface area contributed by atoms with E-state index in [-0.39, 0.29) is 23.6 Å². The van der Waals surface area contributed by atoms with E-state index in [0.717, 1.165) is 5.56 Å². The average molecular weight is 342 g/mol. The van der Waals surface area contributed by atoms with Crippen LogP contribution >= 0.6 is 11.6 Å². The van der Waals surface area contributed by atoms with Gasteiger partial charge in [0.05, 0.1) is 5.69 Å². The molecule has 1 amide bonds. The van der Waals surface area contributed by atoms with Crippen molar-refractivity contribution in [2.24, 2.45) is 10.2 Å². The maximum Gasteiger partial charge on any atom is 0.276 e. The van der Waals surface area contributed by atoms with Gasteiger partial charge in [-0.2, -0.15) is 0 Å². The molecule has 4 rings (SSSR count). The summed E-state index contributed by atoms with van der Waals surface area (Å²) in [4.78, 5) is 24.1. The topological polar surface area (TPSA) is 70.9 Å². The van der Waals surface area contributed by atoms with Crippen LogP contribution < -0.4 is 5.32 Å². The summed E-state index contributed by atoms with van der Waals surface area (Å²) < 4.78 is 13.4. The minimum atomic E-state index is -0.489. The summed E-state index contributed by atoms with van der Waals surface area (Å²) in [5.41, 5.74) is 2.32. The van der Waals surface area contributed by atoms with Crippen LogP contribution in [0.3, 0.4) is 0 Å². The lowest BCUT2D eigenvalue weighted by Gasteiger charge is -1.99. The first-order valence-electron chi connectivity index (χ1n) is 7.12. The van der Waals surface area contributed by atoms with Crippen molar-refractivity contribution in [3.8, 4) is 0 Å². The van der Waals surface area contributed by atoms with Gasteiger partial charge in [-0.1, -0.05) is 17.7 Å². The van der Waals surface area contributed by atoms with Crippen LogP contribution in [-0.2, 0) is 16.0 Å². The highest BCUT2D eigenvalue weighted by molar-refractivity contribution is 6.54. The number of nitrogens with zero attached hydrogens (tertiary/aromatic N) is 2. The molecule has 0 atom stereocenters. The molecule has 2 aliphatic rings. The second-order valence-corrected chi connectivity index (χ2v) is 5.88. The summed E-state index contributed by atoms with van der Waals surface area (Å²) in [7, 11) is 0. The Bertz CT molecular complexity index is 902. The third-order valence-corrected chi connectivity index (χ3v) is 4.13. The predicted octanol–water partition coefficient (Wildman–Crippen LogP) is 2.75. The molecule has 2 aromatic carbocycles. The number of benzene rings is 2. The van der Waals surface area contributed by atoms with E-state index in [0.29, 0.717) is 21.8 Å². The number of ketones is 1. The second-order valence-electron chi connectivity index (χ2n) is 5.44. The molecule has 0 fully saturated rings. The van der Waals surface area contributed by atoms with Crippen LogP contribution in [0.5, 0.6) is 0 Å². The molecular weight excluding hydrogens is 333 g/mol. The fourth-order valence-electron chi connectivity index (χ4n) is 2.76. The third kappa shape index (κ3) is 2.32. The first-order chi connectivity index (χ1) is 11.5. The number of halogens is 2. The summed E-state index contributed by atoms with van der Waals surface area (Å²) in [5.74, 6) is -1.18. The van der Waals surface area contributed by atoms with E-state index in [1.165, 1.54) is 18.2 Å². The molecule has 0 spiro atoms. The fraction of sp³-hybridized carbons (Fsp3) is 0.0588. The van der Waals surface area contributed by atoms with Crippen LogP contribution in [0.4, 0.5) is 10.1 Å². The molecule has 0 radical (unpaired) electrons. The van der Waals surface area contributed by atoms with Crippen LogP contribution in [0.2, 0.25) is 5.02 Å². The van der Waals surface area contributed by atoms with Gasteiger partial charge < -0.3 is 5.32 Å². The zero-order valence-corrected chi connectivity index (χ0v) is 12.9. The summed E-state index contributed by atoms with van der Waals surface area (Å²) in [6.45, 7) is 0. The van der Waals surface area contributed by atoms with Crippen LogP contribution in [0.1, 0.15) is 16.7 Å². The van der Waals surface area contributed by atoms with Gasteiger partial charge in [0.2, 0.25) is 0 Å². The van der Waals surface area contributed by atoms with Crippen LogP contribution in [0.15, 0.2) is 46.6 Å². The third-order valence-electron chi connectivity index (χ3n) is 3.89. The lowest BCUT2D eigenvalue weighted by Crippen LogP contribution is -2.15. The molecule has 0 aromatic heterocycles. The van der Waals surface area contributed by atoms with Crippen molar-refractivity contribution < 1.29 is 14.0 Å². The number of rotatable bonds is 1. The highest BCUT2D eigenvalue weighted by Gasteiger charge is 2.29. The van der Waals surface area contributed by atoms with Crippen molar-refractivity contribution in [3.05, 3.63) is 63.9 Å². The van der Waals surface area contributed by atoms with Gasteiger partial charge in [-0.3, -0.25) is 9.59 Å². The molecule has 1 aliphatic heterocycles. The van der Waals surface area contributed by atoms with Crippen molar-refractivity contribution in [3.63, 3.8) is 0 Å². The Kier molecular flexibility index (Phi) is 3.28. The number of hydrogen-bond acceptors (Lipinski definition) is 4. The van der Waals surface area contributed by atoms with Crippen LogP contribution in [0, 0.1) is 5.82 Å². The summed E-state index contributed by atoms with van der Waals surface area (Å²) in [5, 5.41) is 10.9. The van der Waals surface area contributed by atoms with Crippen LogP contribution in [-0.4, -0.2) is 23.1 Å². The maximum absolute atomic E-state index is 13.4. The van der Waals surface area contributed by atoms with Gasteiger partial charge in [0.25, 0.3) is 5.91 Å². The Morgan fingerprint density at radius 2 is 1.79 bits per heavy atom. The molecule has 0 bridgehead atoms. The fourth-order valence-corrected chi connectivity index (χ4v) is 2.94. The molecule has 1 N–H and O–H groups in total. The smallest absolute Gasteiger partial charge is 0.276 e. The van der Waals surface area contributed by atoms with Crippen molar-refractivity contribution in [2.75, 3.05) is 5.32 Å². The highest BCUT2D eigenvalue weighted by Crippen LogP contribution is 2.26. The Balaban J connectivity index is 1.80. The zero-order valence-electron chi connectivity index (χ0n) is 12.1. The number of fused-ring (bicyclic) bond motifs is 2. The van der Waals surface area contributed by atoms with Crippen molar-refractivity contribution in [2.45, 2.75) is 6.42 Å². The Morgan fingerprint density at radius 3 is 2.62 bits per heavy atom. The second kappa shape index (κ2) is 5.35. The van der Waals surface area contributed by atoms with E-state index in [4.69, 9.17) is 11.6 Å². The summed E-state index contributed by atoms with van der Waals surface area (Å²) >= 11 is 5.96. The molecule has 24 heavy (non-hydrogen) atoms. The Morgan fingerprint density at radius 1 is 1.00 bits per heavy atom. The molecular formula is C17H9ClFN3O2. The lowest BCUT2D eigenvalue weighted by molar-refractivity contribution is -0.112. The minimum Gasteiger partial charge on any atom is -0.320 e. The first kappa shape index (κ1) is 14.7. The Labute approximate surface area is 140 Å². The molecule has 1 aliphatic carbocycles. The number of carbonyl (C=O) groups excluding carboxylic acids is 2. The van der Waals surface area contributed by atoms with E-state index < -0.39 is 11.7 Å². The normalized spacial score (nSPS) is 18.9. The number of nitrogens with one attached hydrogen (secondary N) is 1.